The number of nitrogens with zero attached hydrogens (tertiary/aromatic N) is 1. The Balaban J connectivity index is 2.10. The summed E-state index contributed by atoms with van der Waals surface area (Å²) in [6.45, 7) is 1.66. The summed E-state index contributed by atoms with van der Waals surface area (Å²) in [5.74, 6) is -0.393. The predicted molar refractivity (Wildman–Crippen MR) is 85.2 cm³/mol. The van der Waals surface area contributed by atoms with Crippen LogP contribution < -0.4 is 10.6 Å². The monoisotopic (exact) mass is 339 g/mol. The van der Waals surface area contributed by atoms with Gasteiger partial charge in [-0.05, 0) is 42.9 Å². The molecule has 7 nitrogen and oxygen atoms in total. The summed E-state index contributed by atoms with van der Waals surface area (Å²) in [5, 5.41) is 16.0. The van der Waals surface area contributed by atoms with E-state index in [1.54, 1.807) is 13.0 Å². The molecule has 1 amide bonds. The van der Waals surface area contributed by atoms with E-state index in [4.69, 9.17) is 28.2 Å². The zero-order chi connectivity index (χ0) is 16.3. The number of nitro groups is 1. The summed E-state index contributed by atoms with van der Waals surface area (Å²) < 4.78 is 4.94. The van der Waals surface area contributed by atoms with Gasteiger partial charge in [-0.15, -0.1) is 0 Å². The Labute approximate surface area is 135 Å². The van der Waals surface area contributed by atoms with Crippen LogP contribution >= 0.6 is 23.8 Å². The number of hydrogen-bond acceptors (Lipinski definition) is 5. The number of halogens is 1. The maximum absolute atomic E-state index is 11.8. The molecule has 9 heteroatoms. The highest BCUT2D eigenvalue weighted by molar-refractivity contribution is 7.80. The maximum Gasteiger partial charge on any atom is 0.293 e. The second-order valence-electron chi connectivity index (χ2n) is 4.26. The first-order valence-electron chi connectivity index (χ1n) is 5.99. The van der Waals surface area contributed by atoms with Gasteiger partial charge in [0, 0.05) is 11.8 Å². The topological polar surface area (TPSA) is 97.4 Å². The zero-order valence-electron chi connectivity index (χ0n) is 11.3. The average molecular weight is 340 g/mol. The standard InChI is InChI=1S/C13H10ClN3O4S/c1-7-5-10(17(19)20)8(14)6-9(7)15-13(22)16-12(18)11-3-2-4-21-11/h2-6H,1H3,(H2,15,16,18,22). The molecule has 0 spiro atoms. The Kier molecular flexibility index (Phi) is 4.74. The summed E-state index contributed by atoms with van der Waals surface area (Å²) in [7, 11) is 0. The first kappa shape index (κ1) is 15.9. The molecule has 1 aromatic heterocycles. The van der Waals surface area contributed by atoms with Gasteiger partial charge in [0.05, 0.1) is 11.2 Å². The second kappa shape index (κ2) is 6.54. The first-order valence-corrected chi connectivity index (χ1v) is 6.77. The summed E-state index contributed by atoms with van der Waals surface area (Å²) in [5.41, 5.74) is 0.821. The van der Waals surface area contributed by atoms with Crippen LogP contribution in [0.15, 0.2) is 34.9 Å². The number of nitrogens with one attached hydrogen (secondary N) is 2. The van der Waals surface area contributed by atoms with Crippen LogP contribution in [0.2, 0.25) is 5.02 Å². The Morgan fingerprint density at radius 2 is 2.18 bits per heavy atom. The van der Waals surface area contributed by atoms with Gasteiger partial charge in [-0.2, -0.15) is 0 Å². The minimum absolute atomic E-state index is 0.0226. The van der Waals surface area contributed by atoms with Crippen LogP contribution in [-0.4, -0.2) is 15.9 Å². The van der Waals surface area contributed by atoms with Gasteiger partial charge >= 0.3 is 0 Å². The number of carbonyl (C=O) groups is 1. The SMILES string of the molecule is Cc1cc([N+](=O)[O-])c(Cl)cc1NC(=S)NC(=O)c1ccco1. The molecule has 0 radical (unpaired) electrons. The molecule has 0 unspecified atom stereocenters. The van der Waals surface area contributed by atoms with Crippen molar-refractivity contribution in [1.82, 2.24) is 5.32 Å². The lowest BCUT2D eigenvalue weighted by Gasteiger charge is -2.11. The molecule has 0 aliphatic heterocycles. The molecule has 1 aromatic carbocycles. The van der Waals surface area contributed by atoms with Gasteiger partial charge in [-0.1, -0.05) is 11.6 Å². The smallest absolute Gasteiger partial charge is 0.293 e. The number of aryl methyl sites for hydroxylation is 1. The highest BCUT2D eigenvalue weighted by atomic mass is 35.5. The van der Waals surface area contributed by atoms with Crippen molar-refractivity contribution in [1.29, 1.82) is 0 Å². The quantitative estimate of drug-likeness (QED) is 0.506. The molecule has 0 saturated heterocycles. The number of hydrogen-bond donors (Lipinski definition) is 2. The normalized spacial score (nSPS) is 10.1. The van der Waals surface area contributed by atoms with Crippen LogP contribution in [0.5, 0.6) is 0 Å². The number of amides is 1. The van der Waals surface area contributed by atoms with Crippen LogP contribution in [0.25, 0.3) is 0 Å². The highest BCUT2D eigenvalue weighted by Crippen LogP contribution is 2.30. The van der Waals surface area contributed by atoms with Gasteiger partial charge in [0.15, 0.2) is 10.9 Å². The molecule has 2 aromatic rings. The fourth-order valence-corrected chi connectivity index (χ4v) is 2.10. The van der Waals surface area contributed by atoms with Crippen LogP contribution in [0.4, 0.5) is 11.4 Å². The number of furan rings is 1. The molecule has 1 heterocycles. The van der Waals surface area contributed by atoms with Crippen LogP contribution in [0.1, 0.15) is 16.1 Å². The summed E-state index contributed by atoms with van der Waals surface area (Å²) in [6, 6.07) is 5.76. The molecule has 2 rings (SSSR count). The number of thiocarbonyl (C=S) groups is 1. The molecule has 0 saturated carbocycles. The largest absolute Gasteiger partial charge is 0.459 e. The van der Waals surface area contributed by atoms with E-state index in [2.05, 4.69) is 10.6 Å². The van der Waals surface area contributed by atoms with Crippen molar-refractivity contribution < 1.29 is 14.1 Å². The van der Waals surface area contributed by atoms with Crippen molar-refractivity contribution >= 4 is 46.2 Å². The average Bonchev–Trinajstić information content (AvgIpc) is 2.96. The molecule has 0 bridgehead atoms. The van der Waals surface area contributed by atoms with Crippen LogP contribution in [0.3, 0.4) is 0 Å². The van der Waals surface area contributed by atoms with E-state index in [1.165, 1.54) is 24.5 Å². The van der Waals surface area contributed by atoms with Gasteiger partial charge in [-0.25, -0.2) is 0 Å². The number of nitro benzene ring substituents is 1. The van der Waals surface area contributed by atoms with Crippen molar-refractivity contribution in [3.63, 3.8) is 0 Å². The number of anilines is 1. The first-order chi connectivity index (χ1) is 10.4. The fraction of sp³-hybridized carbons (Fsp3) is 0.0769. The third-order valence-electron chi connectivity index (χ3n) is 2.71. The second-order valence-corrected chi connectivity index (χ2v) is 5.08. The molecule has 0 aliphatic rings. The van der Waals surface area contributed by atoms with E-state index < -0.39 is 10.8 Å². The summed E-state index contributed by atoms with van der Waals surface area (Å²) >= 11 is 10.9. The lowest BCUT2D eigenvalue weighted by atomic mass is 10.2. The third kappa shape index (κ3) is 3.60. The van der Waals surface area contributed by atoms with Crippen molar-refractivity contribution in [2.45, 2.75) is 6.92 Å². The van der Waals surface area contributed by atoms with E-state index in [0.29, 0.717) is 11.3 Å². The van der Waals surface area contributed by atoms with E-state index in [-0.39, 0.29) is 21.6 Å². The maximum atomic E-state index is 11.8. The van der Waals surface area contributed by atoms with Crippen LogP contribution in [-0.2, 0) is 0 Å². The molecule has 0 fully saturated rings. The molecule has 0 aliphatic carbocycles. The number of carbonyl (C=O) groups excluding carboxylic acids is 1. The van der Waals surface area contributed by atoms with Gasteiger partial charge in [0.2, 0.25) is 0 Å². The number of rotatable bonds is 3. The van der Waals surface area contributed by atoms with Gasteiger partial charge in [-0.3, -0.25) is 20.2 Å². The van der Waals surface area contributed by atoms with E-state index in [9.17, 15) is 14.9 Å². The fourth-order valence-electron chi connectivity index (χ4n) is 1.67. The minimum Gasteiger partial charge on any atom is -0.459 e. The Hall–Kier alpha value is -2.45. The van der Waals surface area contributed by atoms with Crippen molar-refractivity contribution in [2.75, 3.05) is 5.32 Å². The van der Waals surface area contributed by atoms with Gasteiger partial charge in [0.25, 0.3) is 11.6 Å². The van der Waals surface area contributed by atoms with Gasteiger partial charge in [0.1, 0.15) is 5.02 Å². The molecule has 22 heavy (non-hydrogen) atoms. The summed E-state index contributed by atoms with van der Waals surface area (Å²) in [4.78, 5) is 22.0. The molecule has 2 N–H and O–H groups in total. The minimum atomic E-state index is -0.573. The third-order valence-corrected chi connectivity index (χ3v) is 3.22. The Bertz CT molecular complexity index is 746. The molecular weight excluding hydrogens is 330 g/mol. The van der Waals surface area contributed by atoms with Gasteiger partial charge < -0.3 is 9.73 Å². The zero-order valence-corrected chi connectivity index (χ0v) is 12.8. The lowest BCUT2D eigenvalue weighted by Crippen LogP contribution is -2.34. The van der Waals surface area contributed by atoms with E-state index in [0.717, 1.165) is 0 Å². The van der Waals surface area contributed by atoms with E-state index >= 15 is 0 Å². The Morgan fingerprint density at radius 3 is 2.77 bits per heavy atom. The Morgan fingerprint density at radius 1 is 1.45 bits per heavy atom. The molecule has 114 valence electrons. The molecule has 0 atom stereocenters. The predicted octanol–water partition coefficient (Wildman–Crippen LogP) is 3.28. The highest BCUT2D eigenvalue weighted by Gasteiger charge is 2.16. The number of benzene rings is 1. The van der Waals surface area contributed by atoms with E-state index in [1.807, 2.05) is 0 Å². The summed E-state index contributed by atoms with van der Waals surface area (Å²) in [6.07, 6.45) is 1.37. The van der Waals surface area contributed by atoms with Crippen LogP contribution in [0, 0.1) is 17.0 Å². The molecular formula is C13H10ClN3O4S. The van der Waals surface area contributed by atoms with Crippen molar-refractivity contribution in [3.05, 3.63) is 57.0 Å². The van der Waals surface area contributed by atoms with Crippen molar-refractivity contribution in [3.8, 4) is 0 Å². The lowest BCUT2D eigenvalue weighted by molar-refractivity contribution is -0.384. The van der Waals surface area contributed by atoms with Crippen molar-refractivity contribution in [2.24, 2.45) is 0 Å².